The van der Waals surface area contributed by atoms with Crippen LogP contribution in [0, 0.1) is 10.1 Å². The molecule has 1 aromatic rings. The van der Waals surface area contributed by atoms with E-state index in [1.54, 1.807) is 6.07 Å². The van der Waals surface area contributed by atoms with Crippen LogP contribution in [0.4, 0.5) is 5.82 Å². The summed E-state index contributed by atoms with van der Waals surface area (Å²) in [6, 6.07) is 4.91. The molecule has 0 amide bonds. The standard InChI is InChI=1S/C11H13N3O2/c1-13-7-3-4-9(8-13)10-5-2-6-11(12-10)14(15)16/h2,4-6H,3,7-8H2,1H3. The summed E-state index contributed by atoms with van der Waals surface area (Å²) in [6.07, 6.45) is 3.07. The van der Waals surface area contributed by atoms with Crippen molar-refractivity contribution in [1.29, 1.82) is 0 Å². The maximum atomic E-state index is 10.6. The number of aromatic nitrogens is 1. The zero-order valence-corrected chi connectivity index (χ0v) is 9.09. The van der Waals surface area contributed by atoms with E-state index in [9.17, 15) is 10.1 Å². The van der Waals surface area contributed by atoms with Gasteiger partial charge in [-0.1, -0.05) is 6.08 Å². The molecule has 0 radical (unpaired) electrons. The highest BCUT2D eigenvalue weighted by Gasteiger charge is 2.16. The predicted octanol–water partition coefficient (Wildman–Crippen LogP) is 1.71. The topological polar surface area (TPSA) is 59.3 Å². The summed E-state index contributed by atoms with van der Waals surface area (Å²) in [5.41, 5.74) is 1.78. The fourth-order valence-corrected chi connectivity index (χ4v) is 1.78. The van der Waals surface area contributed by atoms with E-state index in [2.05, 4.69) is 16.0 Å². The molecule has 5 nitrogen and oxygen atoms in total. The molecule has 1 aliphatic heterocycles. The molecule has 0 aliphatic carbocycles. The number of likely N-dealkylation sites (N-methyl/N-ethyl adjacent to an activating group) is 1. The maximum Gasteiger partial charge on any atom is 0.364 e. The third-order valence-electron chi connectivity index (χ3n) is 2.59. The first-order valence-corrected chi connectivity index (χ1v) is 5.16. The first kappa shape index (κ1) is 10.8. The molecular weight excluding hydrogens is 206 g/mol. The lowest BCUT2D eigenvalue weighted by Gasteiger charge is -2.21. The summed E-state index contributed by atoms with van der Waals surface area (Å²) in [5.74, 6) is -0.0911. The van der Waals surface area contributed by atoms with Crippen LogP contribution in [-0.2, 0) is 0 Å². The first-order chi connectivity index (χ1) is 7.66. The zero-order valence-electron chi connectivity index (χ0n) is 9.09. The van der Waals surface area contributed by atoms with Crippen molar-refractivity contribution in [1.82, 2.24) is 9.88 Å². The zero-order chi connectivity index (χ0) is 11.5. The van der Waals surface area contributed by atoms with E-state index >= 15 is 0 Å². The first-order valence-electron chi connectivity index (χ1n) is 5.16. The van der Waals surface area contributed by atoms with Crippen molar-refractivity contribution in [2.75, 3.05) is 20.1 Å². The molecule has 0 aromatic carbocycles. The Morgan fingerprint density at radius 2 is 2.31 bits per heavy atom. The molecule has 0 spiro atoms. The minimum Gasteiger partial charge on any atom is -0.358 e. The summed E-state index contributed by atoms with van der Waals surface area (Å²) in [7, 11) is 2.03. The number of rotatable bonds is 2. The van der Waals surface area contributed by atoms with Crippen molar-refractivity contribution in [3.63, 3.8) is 0 Å². The van der Waals surface area contributed by atoms with Gasteiger partial charge in [-0.15, -0.1) is 0 Å². The van der Waals surface area contributed by atoms with Gasteiger partial charge in [-0.05, 0) is 35.5 Å². The normalized spacial score (nSPS) is 16.9. The van der Waals surface area contributed by atoms with E-state index in [-0.39, 0.29) is 5.82 Å². The van der Waals surface area contributed by atoms with E-state index < -0.39 is 4.92 Å². The van der Waals surface area contributed by atoms with Gasteiger partial charge in [-0.2, -0.15) is 0 Å². The van der Waals surface area contributed by atoms with Gasteiger partial charge in [0.25, 0.3) is 0 Å². The average molecular weight is 219 g/mol. The quantitative estimate of drug-likeness (QED) is 0.561. The summed E-state index contributed by atoms with van der Waals surface area (Å²) in [6.45, 7) is 1.83. The molecule has 0 unspecified atom stereocenters. The van der Waals surface area contributed by atoms with Crippen LogP contribution in [0.2, 0.25) is 0 Å². The van der Waals surface area contributed by atoms with Crippen molar-refractivity contribution in [3.05, 3.63) is 40.1 Å². The van der Waals surface area contributed by atoms with Gasteiger partial charge in [0.1, 0.15) is 0 Å². The molecule has 2 heterocycles. The second-order valence-electron chi connectivity index (χ2n) is 3.89. The van der Waals surface area contributed by atoms with Crippen LogP contribution >= 0.6 is 0 Å². The van der Waals surface area contributed by atoms with E-state index in [1.165, 1.54) is 6.07 Å². The van der Waals surface area contributed by atoms with Gasteiger partial charge < -0.3 is 15.0 Å². The second kappa shape index (κ2) is 4.40. The van der Waals surface area contributed by atoms with Crippen molar-refractivity contribution in [2.24, 2.45) is 0 Å². The van der Waals surface area contributed by atoms with Crippen LogP contribution < -0.4 is 0 Å². The van der Waals surface area contributed by atoms with E-state index in [1.807, 2.05) is 13.1 Å². The van der Waals surface area contributed by atoms with Gasteiger partial charge in [-0.25, -0.2) is 0 Å². The lowest BCUT2D eigenvalue weighted by Crippen LogP contribution is -2.25. The van der Waals surface area contributed by atoms with Gasteiger partial charge in [0, 0.05) is 24.7 Å². The summed E-state index contributed by atoms with van der Waals surface area (Å²) in [5, 5.41) is 10.6. The Morgan fingerprint density at radius 3 is 3.00 bits per heavy atom. The number of hydrogen-bond acceptors (Lipinski definition) is 4. The van der Waals surface area contributed by atoms with Crippen LogP contribution in [-0.4, -0.2) is 34.9 Å². The van der Waals surface area contributed by atoms with Gasteiger partial charge >= 0.3 is 5.82 Å². The fraction of sp³-hybridized carbons (Fsp3) is 0.364. The van der Waals surface area contributed by atoms with Gasteiger partial charge in [-0.3, -0.25) is 0 Å². The van der Waals surface area contributed by atoms with Crippen LogP contribution in [0.5, 0.6) is 0 Å². The number of nitro groups is 1. The summed E-state index contributed by atoms with van der Waals surface area (Å²) >= 11 is 0. The number of nitrogens with zero attached hydrogens (tertiary/aromatic N) is 3. The van der Waals surface area contributed by atoms with E-state index in [0.29, 0.717) is 5.69 Å². The molecule has 5 heteroatoms. The Balaban J connectivity index is 2.30. The molecular formula is C11H13N3O2. The molecule has 0 fully saturated rings. The van der Waals surface area contributed by atoms with Crippen LogP contribution in [0.3, 0.4) is 0 Å². The summed E-state index contributed by atoms with van der Waals surface area (Å²) in [4.78, 5) is 16.4. The average Bonchev–Trinajstić information content (AvgIpc) is 2.29. The van der Waals surface area contributed by atoms with Gasteiger partial charge in [0.2, 0.25) is 0 Å². The smallest absolute Gasteiger partial charge is 0.358 e. The molecule has 16 heavy (non-hydrogen) atoms. The van der Waals surface area contributed by atoms with E-state index in [0.717, 1.165) is 25.1 Å². The lowest BCUT2D eigenvalue weighted by atomic mass is 10.1. The summed E-state index contributed by atoms with van der Waals surface area (Å²) < 4.78 is 0. The molecule has 0 atom stereocenters. The predicted molar refractivity (Wildman–Crippen MR) is 61.0 cm³/mol. The van der Waals surface area contributed by atoms with E-state index in [4.69, 9.17) is 0 Å². The van der Waals surface area contributed by atoms with Crippen molar-refractivity contribution < 1.29 is 4.92 Å². The van der Waals surface area contributed by atoms with Gasteiger partial charge in [0.15, 0.2) is 5.69 Å². The minimum absolute atomic E-state index is 0.0911. The number of pyridine rings is 1. The number of hydrogen-bond donors (Lipinski definition) is 0. The second-order valence-corrected chi connectivity index (χ2v) is 3.89. The maximum absolute atomic E-state index is 10.6. The Bertz CT molecular complexity index is 443. The van der Waals surface area contributed by atoms with Crippen LogP contribution in [0.15, 0.2) is 24.3 Å². The largest absolute Gasteiger partial charge is 0.364 e. The molecule has 0 saturated heterocycles. The lowest BCUT2D eigenvalue weighted by molar-refractivity contribution is -0.389. The van der Waals surface area contributed by atoms with Crippen LogP contribution in [0.1, 0.15) is 12.1 Å². The highest BCUT2D eigenvalue weighted by atomic mass is 16.6. The molecule has 0 saturated carbocycles. The molecule has 2 rings (SSSR count). The molecule has 84 valence electrons. The third kappa shape index (κ3) is 2.25. The third-order valence-corrected chi connectivity index (χ3v) is 2.59. The minimum atomic E-state index is -0.462. The molecule has 0 bridgehead atoms. The highest BCUT2D eigenvalue weighted by Crippen LogP contribution is 2.20. The SMILES string of the molecule is CN1CCC=C(c2cccc([N+](=O)[O-])n2)C1. The molecule has 0 N–H and O–H groups in total. The highest BCUT2D eigenvalue weighted by molar-refractivity contribution is 5.65. The van der Waals surface area contributed by atoms with Gasteiger partial charge in [0.05, 0.1) is 0 Å². The Hall–Kier alpha value is -1.75. The monoisotopic (exact) mass is 219 g/mol. The fourth-order valence-electron chi connectivity index (χ4n) is 1.78. The Morgan fingerprint density at radius 1 is 1.50 bits per heavy atom. The molecule has 1 aliphatic rings. The van der Waals surface area contributed by atoms with Crippen molar-refractivity contribution in [2.45, 2.75) is 6.42 Å². The Kier molecular flexibility index (Phi) is 2.96. The van der Waals surface area contributed by atoms with Crippen molar-refractivity contribution >= 4 is 11.4 Å². The molecule has 1 aromatic heterocycles. The van der Waals surface area contributed by atoms with Crippen LogP contribution in [0.25, 0.3) is 5.57 Å². The van der Waals surface area contributed by atoms with Crippen molar-refractivity contribution in [3.8, 4) is 0 Å². The Labute approximate surface area is 93.6 Å².